The van der Waals surface area contributed by atoms with Gasteiger partial charge in [-0.15, -0.1) is 11.8 Å². The van der Waals surface area contributed by atoms with Gasteiger partial charge in [-0.1, -0.05) is 66.7 Å². The van der Waals surface area contributed by atoms with Crippen molar-refractivity contribution < 1.29 is 4.79 Å². The number of nitrogens with one attached hydrogen (secondary N) is 1. The summed E-state index contributed by atoms with van der Waals surface area (Å²) >= 11 is 8.83. The van der Waals surface area contributed by atoms with Crippen LogP contribution in [0.5, 0.6) is 0 Å². The zero-order chi connectivity index (χ0) is 21.1. The van der Waals surface area contributed by atoms with Gasteiger partial charge < -0.3 is 5.32 Å². The number of halogens is 1. The molecule has 0 saturated carbocycles. The van der Waals surface area contributed by atoms with Crippen molar-refractivity contribution in [3.8, 4) is 0 Å². The maximum atomic E-state index is 13.2. The summed E-state index contributed by atoms with van der Waals surface area (Å²) in [6.45, 7) is 2.52. The van der Waals surface area contributed by atoms with Crippen LogP contribution in [-0.2, 0) is 17.8 Å². The van der Waals surface area contributed by atoms with Gasteiger partial charge in [0.25, 0.3) is 5.56 Å². The van der Waals surface area contributed by atoms with Crippen molar-refractivity contribution in [2.45, 2.75) is 35.2 Å². The number of nitrogens with zero attached hydrogens (tertiary/aromatic N) is 2. The number of benzene rings is 2. The number of amides is 1. The molecule has 5 nitrogen and oxygen atoms in total. The first-order chi connectivity index (χ1) is 14.5. The number of aromatic nitrogens is 2. The standard InChI is InChI=1S/C22H20ClN3O2S2/c1-14-10-18-20(30-14)21(28)26(12-15-6-3-2-4-7-15)22(25-18)29-13-19(27)24-17-9-5-8-16(23)11-17/h2-9,11,14H,10,12-13H2,1H3,(H,24,27)/t14-/m0/s1. The minimum absolute atomic E-state index is 0.0315. The molecule has 3 aromatic rings. The van der Waals surface area contributed by atoms with Gasteiger partial charge in [0, 0.05) is 22.4 Å². The predicted octanol–water partition coefficient (Wildman–Crippen LogP) is 4.71. The second kappa shape index (κ2) is 9.29. The smallest absolute Gasteiger partial charge is 0.268 e. The van der Waals surface area contributed by atoms with E-state index in [1.807, 2.05) is 30.3 Å². The van der Waals surface area contributed by atoms with Crippen molar-refractivity contribution in [2.75, 3.05) is 11.1 Å². The number of hydrogen-bond acceptors (Lipinski definition) is 5. The molecule has 0 spiro atoms. The van der Waals surface area contributed by atoms with Crippen LogP contribution in [0.4, 0.5) is 5.69 Å². The van der Waals surface area contributed by atoms with Crippen molar-refractivity contribution in [2.24, 2.45) is 0 Å². The van der Waals surface area contributed by atoms with Crippen molar-refractivity contribution >= 4 is 46.7 Å². The van der Waals surface area contributed by atoms with Crippen molar-refractivity contribution in [3.05, 3.63) is 81.2 Å². The Morgan fingerprint density at radius 1 is 1.27 bits per heavy atom. The number of rotatable bonds is 6. The Morgan fingerprint density at radius 3 is 2.83 bits per heavy atom. The largest absolute Gasteiger partial charge is 0.325 e. The summed E-state index contributed by atoms with van der Waals surface area (Å²) in [5.74, 6) is -0.0269. The third-order valence-corrected chi connectivity index (χ3v) is 7.01. The van der Waals surface area contributed by atoms with Crippen molar-refractivity contribution in [3.63, 3.8) is 0 Å². The molecular formula is C22H20ClN3O2S2. The SMILES string of the molecule is C[C@H]1Cc2nc(SCC(=O)Nc3cccc(Cl)c3)n(Cc3ccccc3)c(=O)c2S1. The number of hydrogen-bond donors (Lipinski definition) is 1. The second-order valence-electron chi connectivity index (χ2n) is 7.03. The summed E-state index contributed by atoms with van der Waals surface area (Å²) in [6.07, 6.45) is 0.768. The van der Waals surface area contributed by atoms with Crippen LogP contribution in [0.15, 0.2) is 69.4 Å². The third kappa shape index (κ3) is 4.91. The average molecular weight is 458 g/mol. The molecule has 0 radical (unpaired) electrons. The summed E-state index contributed by atoms with van der Waals surface area (Å²) < 4.78 is 1.68. The molecule has 154 valence electrons. The molecule has 1 aliphatic heterocycles. The van der Waals surface area contributed by atoms with Gasteiger partial charge in [0.1, 0.15) is 0 Å². The summed E-state index contributed by atoms with van der Waals surface area (Å²) in [7, 11) is 0. The molecule has 0 bridgehead atoms. The minimum atomic E-state index is -0.175. The van der Waals surface area contributed by atoms with Crippen molar-refractivity contribution in [1.82, 2.24) is 9.55 Å². The number of carbonyl (C=O) groups excluding carboxylic acids is 1. The van der Waals surface area contributed by atoms with Gasteiger partial charge >= 0.3 is 0 Å². The average Bonchev–Trinajstić information content (AvgIpc) is 3.10. The summed E-state index contributed by atoms with van der Waals surface area (Å²) in [6, 6.07) is 16.8. The zero-order valence-electron chi connectivity index (χ0n) is 16.3. The lowest BCUT2D eigenvalue weighted by molar-refractivity contribution is -0.113. The van der Waals surface area contributed by atoms with Crippen LogP contribution in [0.1, 0.15) is 18.2 Å². The van der Waals surface area contributed by atoms with Crippen molar-refractivity contribution in [1.29, 1.82) is 0 Å². The highest BCUT2D eigenvalue weighted by Gasteiger charge is 2.26. The normalized spacial score (nSPS) is 15.1. The maximum absolute atomic E-state index is 13.2. The second-order valence-corrected chi connectivity index (χ2v) is 9.85. The van der Waals surface area contributed by atoms with E-state index in [4.69, 9.17) is 16.6 Å². The summed E-state index contributed by atoms with van der Waals surface area (Å²) in [5, 5.41) is 4.29. The van der Waals surface area contributed by atoms with E-state index in [2.05, 4.69) is 12.2 Å². The zero-order valence-corrected chi connectivity index (χ0v) is 18.7. The van der Waals surface area contributed by atoms with Gasteiger partial charge in [-0.3, -0.25) is 14.2 Å². The Morgan fingerprint density at radius 2 is 2.07 bits per heavy atom. The van der Waals surface area contributed by atoms with Crippen LogP contribution in [0.25, 0.3) is 0 Å². The molecule has 0 aliphatic carbocycles. The minimum Gasteiger partial charge on any atom is -0.325 e. The Hall–Kier alpha value is -2.22. The number of carbonyl (C=O) groups is 1. The fourth-order valence-corrected chi connectivity index (χ4v) is 5.36. The van der Waals surface area contributed by atoms with Crippen LogP contribution in [-0.4, -0.2) is 26.5 Å². The van der Waals surface area contributed by atoms with E-state index in [9.17, 15) is 9.59 Å². The van der Waals surface area contributed by atoms with Gasteiger partial charge in [-0.25, -0.2) is 4.98 Å². The lowest BCUT2D eigenvalue weighted by Crippen LogP contribution is -2.26. The Balaban J connectivity index is 1.57. The quantitative estimate of drug-likeness (QED) is 0.429. The van der Waals surface area contributed by atoms with Gasteiger partial charge in [-0.05, 0) is 23.8 Å². The molecular weight excluding hydrogens is 438 g/mol. The Kier molecular flexibility index (Phi) is 6.51. The first-order valence-electron chi connectivity index (χ1n) is 9.52. The van der Waals surface area contributed by atoms with E-state index in [-0.39, 0.29) is 17.2 Å². The highest BCUT2D eigenvalue weighted by molar-refractivity contribution is 8.00. The van der Waals surface area contributed by atoms with Crippen LogP contribution >= 0.6 is 35.1 Å². The summed E-state index contributed by atoms with van der Waals surface area (Å²) in [4.78, 5) is 31.1. The van der Waals surface area contributed by atoms with E-state index in [1.165, 1.54) is 11.8 Å². The van der Waals surface area contributed by atoms with Gasteiger partial charge in [0.2, 0.25) is 5.91 Å². The molecule has 1 aromatic heterocycles. The van der Waals surface area contributed by atoms with Crippen LogP contribution in [0, 0.1) is 0 Å². The molecule has 1 N–H and O–H groups in total. The predicted molar refractivity (Wildman–Crippen MR) is 124 cm³/mol. The molecule has 1 amide bonds. The monoisotopic (exact) mass is 457 g/mol. The van der Waals surface area contributed by atoms with Gasteiger partial charge in [0.15, 0.2) is 5.16 Å². The Labute approximate surface area is 188 Å². The van der Waals surface area contributed by atoms with E-state index in [0.717, 1.165) is 22.6 Å². The van der Waals surface area contributed by atoms with E-state index in [0.29, 0.717) is 27.7 Å². The van der Waals surface area contributed by atoms with E-state index < -0.39 is 0 Å². The molecule has 0 unspecified atom stereocenters. The van der Waals surface area contributed by atoms with Gasteiger partial charge in [-0.2, -0.15) is 0 Å². The molecule has 4 rings (SSSR count). The number of thioether (sulfide) groups is 2. The summed E-state index contributed by atoms with van der Waals surface area (Å²) in [5.41, 5.74) is 2.46. The molecule has 30 heavy (non-hydrogen) atoms. The van der Waals surface area contributed by atoms with Crippen LogP contribution < -0.4 is 10.9 Å². The van der Waals surface area contributed by atoms with Crippen LogP contribution in [0.2, 0.25) is 5.02 Å². The third-order valence-electron chi connectivity index (χ3n) is 4.59. The van der Waals surface area contributed by atoms with Crippen LogP contribution in [0.3, 0.4) is 0 Å². The number of anilines is 1. The topological polar surface area (TPSA) is 64.0 Å². The molecule has 2 heterocycles. The lowest BCUT2D eigenvalue weighted by atomic mass is 10.2. The first kappa shape index (κ1) is 21.0. The maximum Gasteiger partial charge on any atom is 0.268 e. The van der Waals surface area contributed by atoms with E-state index >= 15 is 0 Å². The molecule has 2 aromatic carbocycles. The first-order valence-corrected chi connectivity index (χ1v) is 11.8. The van der Waals surface area contributed by atoms with Gasteiger partial charge in [0.05, 0.1) is 22.9 Å². The Bertz CT molecular complexity index is 1130. The molecule has 8 heteroatoms. The lowest BCUT2D eigenvalue weighted by Gasteiger charge is -2.14. The highest BCUT2D eigenvalue weighted by Crippen LogP contribution is 2.34. The fourth-order valence-electron chi connectivity index (χ4n) is 3.24. The molecule has 1 aliphatic rings. The molecule has 1 atom stereocenters. The number of fused-ring (bicyclic) bond motifs is 1. The molecule has 0 saturated heterocycles. The fraction of sp³-hybridized carbons (Fsp3) is 0.227. The highest BCUT2D eigenvalue weighted by atomic mass is 35.5. The molecule has 0 fully saturated rings. The van der Waals surface area contributed by atoms with E-state index in [1.54, 1.807) is 40.6 Å².